The summed E-state index contributed by atoms with van der Waals surface area (Å²) >= 11 is 2.70. The summed E-state index contributed by atoms with van der Waals surface area (Å²) in [6.45, 7) is 2.23. The van der Waals surface area contributed by atoms with E-state index in [1.54, 1.807) is 0 Å². The topological polar surface area (TPSA) is 0 Å². The molecular formula is C16H30BrF3. The number of alkyl halides is 4. The third-order valence-electron chi connectivity index (χ3n) is 3.67. The highest BCUT2D eigenvalue weighted by Gasteiger charge is 2.36. The van der Waals surface area contributed by atoms with Gasteiger partial charge in [0.1, 0.15) is 4.83 Å². The molecule has 0 bridgehead atoms. The Morgan fingerprint density at radius 3 is 1.40 bits per heavy atom. The van der Waals surface area contributed by atoms with Crippen LogP contribution >= 0.6 is 15.9 Å². The maximum Gasteiger partial charge on any atom is 0.401 e. The van der Waals surface area contributed by atoms with Crippen molar-refractivity contribution in [3.05, 3.63) is 0 Å². The molecule has 1 unspecified atom stereocenters. The molecule has 0 N–H and O–H groups in total. The number of halogens is 4. The molecule has 0 fully saturated rings. The Morgan fingerprint density at radius 2 is 1.05 bits per heavy atom. The zero-order valence-electron chi connectivity index (χ0n) is 12.8. The van der Waals surface area contributed by atoms with Crippen LogP contribution in [0.4, 0.5) is 13.2 Å². The Morgan fingerprint density at radius 1 is 0.700 bits per heavy atom. The fourth-order valence-electron chi connectivity index (χ4n) is 2.33. The first-order chi connectivity index (χ1) is 9.48. The second-order valence-electron chi connectivity index (χ2n) is 5.69. The molecule has 0 aromatic rings. The average Bonchev–Trinajstić information content (AvgIpc) is 2.38. The van der Waals surface area contributed by atoms with E-state index in [0.717, 1.165) is 12.8 Å². The molecule has 0 radical (unpaired) electrons. The summed E-state index contributed by atoms with van der Waals surface area (Å²) < 4.78 is 36.7. The van der Waals surface area contributed by atoms with E-state index in [-0.39, 0.29) is 6.42 Å². The SMILES string of the molecule is CCCCCCCCCCCCCCC(Br)C(F)(F)F. The first-order valence-electron chi connectivity index (χ1n) is 8.19. The predicted octanol–water partition coefficient (Wildman–Crippen LogP) is 7.40. The molecule has 0 amide bonds. The van der Waals surface area contributed by atoms with E-state index in [1.807, 2.05) is 0 Å². The molecule has 20 heavy (non-hydrogen) atoms. The van der Waals surface area contributed by atoms with Gasteiger partial charge in [-0.1, -0.05) is 99.9 Å². The lowest BCUT2D eigenvalue weighted by Gasteiger charge is -2.13. The van der Waals surface area contributed by atoms with E-state index >= 15 is 0 Å². The molecule has 0 aromatic heterocycles. The van der Waals surface area contributed by atoms with Gasteiger partial charge in [-0.15, -0.1) is 0 Å². The first kappa shape index (κ1) is 20.3. The highest BCUT2D eigenvalue weighted by atomic mass is 79.9. The van der Waals surface area contributed by atoms with Crippen LogP contribution in [0.3, 0.4) is 0 Å². The third-order valence-corrected chi connectivity index (χ3v) is 4.64. The molecule has 0 aliphatic rings. The molecule has 0 aliphatic heterocycles. The minimum atomic E-state index is -4.09. The lowest BCUT2D eigenvalue weighted by molar-refractivity contribution is -0.128. The molecule has 0 aromatic carbocycles. The smallest absolute Gasteiger partial charge is 0.170 e. The van der Waals surface area contributed by atoms with Crippen LogP contribution in [0.25, 0.3) is 0 Å². The zero-order valence-corrected chi connectivity index (χ0v) is 14.4. The number of hydrogen-bond donors (Lipinski definition) is 0. The van der Waals surface area contributed by atoms with Crippen molar-refractivity contribution in [3.63, 3.8) is 0 Å². The molecule has 4 heteroatoms. The quantitative estimate of drug-likeness (QED) is 0.237. The summed E-state index contributed by atoms with van der Waals surface area (Å²) in [7, 11) is 0. The maximum absolute atomic E-state index is 12.2. The fraction of sp³-hybridized carbons (Fsp3) is 1.00. The van der Waals surface area contributed by atoms with Crippen molar-refractivity contribution >= 4 is 15.9 Å². The van der Waals surface area contributed by atoms with Crippen LogP contribution in [0.15, 0.2) is 0 Å². The van der Waals surface area contributed by atoms with Crippen LogP contribution in [0, 0.1) is 0 Å². The minimum Gasteiger partial charge on any atom is -0.170 e. The Kier molecular flexibility index (Phi) is 13.1. The predicted molar refractivity (Wildman–Crippen MR) is 84.5 cm³/mol. The van der Waals surface area contributed by atoms with Gasteiger partial charge in [0.2, 0.25) is 0 Å². The Balaban J connectivity index is 3.14. The molecular weight excluding hydrogens is 329 g/mol. The fourth-order valence-corrected chi connectivity index (χ4v) is 2.65. The lowest BCUT2D eigenvalue weighted by atomic mass is 10.0. The van der Waals surface area contributed by atoms with Gasteiger partial charge in [0.15, 0.2) is 0 Å². The molecule has 0 saturated heterocycles. The molecule has 122 valence electrons. The van der Waals surface area contributed by atoms with Gasteiger partial charge in [0, 0.05) is 0 Å². The maximum atomic E-state index is 12.2. The van der Waals surface area contributed by atoms with Crippen molar-refractivity contribution in [2.75, 3.05) is 0 Å². The van der Waals surface area contributed by atoms with E-state index in [4.69, 9.17) is 0 Å². The van der Waals surface area contributed by atoms with Crippen LogP contribution in [0.2, 0.25) is 0 Å². The second-order valence-corrected chi connectivity index (χ2v) is 6.79. The van der Waals surface area contributed by atoms with Gasteiger partial charge in [-0.3, -0.25) is 0 Å². The van der Waals surface area contributed by atoms with Crippen molar-refractivity contribution in [3.8, 4) is 0 Å². The van der Waals surface area contributed by atoms with Crippen molar-refractivity contribution in [2.24, 2.45) is 0 Å². The Bertz CT molecular complexity index is 204. The van der Waals surface area contributed by atoms with Crippen molar-refractivity contribution in [2.45, 2.75) is 101 Å². The molecule has 1 atom stereocenters. The summed E-state index contributed by atoms with van der Waals surface area (Å²) in [5.74, 6) is 0. The van der Waals surface area contributed by atoms with Gasteiger partial charge in [-0.2, -0.15) is 13.2 Å². The molecule has 0 heterocycles. The van der Waals surface area contributed by atoms with Gasteiger partial charge >= 0.3 is 6.18 Å². The summed E-state index contributed by atoms with van der Waals surface area (Å²) in [5.41, 5.74) is 0. The van der Waals surface area contributed by atoms with Gasteiger partial charge in [-0.05, 0) is 6.42 Å². The summed E-state index contributed by atoms with van der Waals surface area (Å²) in [6, 6.07) is 0. The molecule has 0 saturated carbocycles. The molecule has 0 aliphatic carbocycles. The van der Waals surface area contributed by atoms with E-state index in [9.17, 15) is 13.2 Å². The molecule has 0 spiro atoms. The van der Waals surface area contributed by atoms with Gasteiger partial charge in [-0.25, -0.2) is 0 Å². The summed E-state index contributed by atoms with van der Waals surface area (Å²) in [5, 5.41) is 0. The first-order valence-corrected chi connectivity index (χ1v) is 9.10. The largest absolute Gasteiger partial charge is 0.401 e. The number of unbranched alkanes of at least 4 members (excludes halogenated alkanes) is 11. The number of rotatable bonds is 13. The van der Waals surface area contributed by atoms with Crippen LogP contribution in [-0.2, 0) is 0 Å². The van der Waals surface area contributed by atoms with Crippen LogP contribution in [-0.4, -0.2) is 11.0 Å². The Labute approximate surface area is 131 Å². The lowest BCUT2D eigenvalue weighted by Crippen LogP contribution is -2.22. The minimum absolute atomic E-state index is 0.209. The highest BCUT2D eigenvalue weighted by molar-refractivity contribution is 9.09. The molecule has 0 nitrogen and oxygen atoms in total. The van der Waals surface area contributed by atoms with Crippen molar-refractivity contribution in [1.29, 1.82) is 0 Å². The van der Waals surface area contributed by atoms with Crippen LogP contribution in [0.1, 0.15) is 90.4 Å². The summed E-state index contributed by atoms with van der Waals surface area (Å²) in [4.78, 5) is -1.32. The second kappa shape index (κ2) is 13.0. The average molecular weight is 359 g/mol. The molecule has 0 rings (SSSR count). The monoisotopic (exact) mass is 358 g/mol. The van der Waals surface area contributed by atoms with E-state index in [0.29, 0.717) is 6.42 Å². The van der Waals surface area contributed by atoms with Crippen molar-refractivity contribution in [1.82, 2.24) is 0 Å². The van der Waals surface area contributed by atoms with Crippen LogP contribution in [0.5, 0.6) is 0 Å². The van der Waals surface area contributed by atoms with E-state index in [2.05, 4.69) is 22.9 Å². The highest BCUT2D eigenvalue weighted by Crippen LogP contribution is 2.30. The van der Waals surface area contributed by atoms with Crippen molar-refractivity contribution < 1.29 is 13.2 Å². The van der Waals surface area contributed by atoms with Gasteiger partial charge < -0.3 is 0 Å². The third kappa shape index (κ3) is 13.3. The van der Waals surface area contributed by atoms with Crippen LogP contribution < -0.4 is 0 Å². The zero-order chi connectivity index (χ0) is 15.3. The summed E-state index contributed by atoms with van der Waals surface area (Å²) in [6.07, 6.45) is 10.5. The van der Waals surface area contributed by atoms with Gasteiger partial charge in [0.05, 0.1) is 0 Å². The van der Waals surface area contributed by atoms with E-state index in [1.165, 1.54) is 57.8 Å². The Hall–Kier alpha value is 0.270. The standard InChI is InChI=1S/C16H30BrF3/c1-2-3-4-5-6-7-8-9-10-11-12-13-14-15(17)16(18,19)20/h15H,2-14H2,1H3. The normalized spacial score (nSPS) is 13.7. The number of hydrogen-bond acceptors (Lipinski definition) is 0. The van der Waals surface area contributed by atoms with E-state index < -0.39 is 11.0 Å². The van der Waals surface area contributed by atoms with Gasteiger partial charge in [0.25, 0.3) is 0 Å².